The Kier molecular flexibility index (Phi) is 5.45. The Labute approximate surface area is 182 Å². The first kappa shape index (κ1) is 19.9. The van der Waals surface area contributed by atoms with Gasteiger partial charge in [-0.05, 0) is 52.6 Å². The van der Waals surface area contributed by atoms with Gasteiger partial charge in [-0.1, -0.05) is 18.0 Å². The van der Waals surface area contributed by atoms with Crippen molar-refractivity contribution in [1.82, 2.24) is 24.6 Å². The van der Waals surface area contributed by atoms with Gasteiger partial charge in [0.2, 0.25) is 5.95 Å². The summed E-state index contributed by atoms with van der Waals surface area (Å²) in [5, 5.41) is 12.0. The van der Waals surface area contributed by atoms with Crippen molar-refractivity contribution in [3.05, 3.63) is 16.9 Å². The van der Waals surface area contributed by atoms with Crippen LogP contribution in [-0.2, 0) is 0 Å². The number of anilines is 3. The first-order valence-electron chi connectivity index (χ1n) is 11.1. The number of nitrogens with zero attached hydrogens (tertiary/aromatic N) is 5. The normalized spacial score (nSPS) is 27.0. The molecule has 2 bridgehead atoms. The maximum absolute atomic E-state index is 6.27. The number of halogens is 1. The summed E-state index contributed by atoms with van der Waals surface area (Å²) in [6, 6.07) is 1.29. The fraction of sp³-hybridized carbons (Fsp3) is 0.667. The lowest BCUT2D eigenvalue weighted by molar-refractivity contribution is 0.0607. The highest BCUT2D eigenvalue weighted by Crippen LogP contribution is 2.41. The van der Waals surface area contributed by atoms with Crippen LogP contribution in [0, 0.1) is 6.92 Å². The Hall–Kier alpha value is -2.06. The molecule has 1 unspecified atom stereocenters. The van der Waals surface area contributed by atoms with Gasteiger partial charge in [-0.15, -0.1) is 5.10 Å². The minimum Gasteiger partial charge on any atom is -0.475 e. The lowest BCUT2D eigenvalue weighted by Gasteiger charge is -2.44. The monoisotopic (exact) mass is 431 g/mol. The van der Waals surface area contributed by atoms with Gasteiger partial charge < -0.3 is 20.3 Å². The molecule has 1 atom stereocenters. The maximum Gasteiger partial charge on any atom is 0.257 e. The highest BCUT2D eigenvalue weighted by atomic mass is 35.5. The third kappa shape index (κ3) is 3.83. The van der Waals surface area contributed by atoms with E-state index in [2.05, 4.69) is 44.0 Å². The van der Waals surface area contributed by atoms with Crippen molar-refractivity contribution in [3.63, 3.8) is 0 Å². The SMILES string of the molecule is Cc1c2c(nn1C1CC(N3CCCCC3)C1)OCCC(C)Nc1nc(ncc1Cl)N2. The standard InChI is InChI=1S/C21H30ClN7O/c1-13-6-9-30-20-18(25-21-23-12-17(22)19(24-13)26-21)14(2)29(27-20)16-10-15(11-16)28-7-4-3-5-8-28/h12-13,15-16H,3-11H2,1-2H3,(H2,23,24,25,26). The van der Waals surface area contributed by atoms with Gasteiger partial charge in [0.15, 0.2) is 5.82 Å². The molecular formula is C21H30ClN7O. The van der Waals surface area contributed by atoms with Crippen molar-refractivity contribution in [2.75, 3.05) is 30.3 Å². The third-order valence-electron chi connectivity index (χ3n) is 6.61. The average Bonchev–Trinajstić information content (AvgIpc) is 2.98. The lowest BCUT2D eigenvalue weighted by atomic mass is 9.84. The Morgan fingerprint density at radius 3 is 2.77 bits per heavy atom. The molecule has 2 fully saturated rings. The van der Waals surface area contributed by atoms with E-state index in [0.717, 1.165) is 30.6 Å². The van der Waals surface area contributed by atoms with Gasteiger partial charge in [-0.2, -0.15) is 4.98 Å². The number of ether oxygens (including phenoxy) is 1. The molecule has 8 nitrogen and oxygen atoms in total. The Morgan fingerprint density at radius 2 is 1.97 bits per heavy atom. The van der Waals surface area contributed by atoms with E-state index in [-0.39, 0.29) is 6.04 Å². The number of aromatic nitrogens is 4. The molecule has 2 aromatic heterocycles. The van der Waals surface area contributed by atoms with Gasteiger partial charge in [0, 0.05) is 18.5 Å². The van der Waals surface area contributed by atoms with Crippen LogP contribution in [0.25, 0.3) is 0 Å². The molecule has 5 rings (SSSR count). The summed E-state index contributed by atoms with van der Waals surface area (Å²) in [6.07, 6.45) is 8.81. The molecule has 0 radical (unpaired) electrons. The first-order chi connectivity index (χ1) is 14.6. The van der Waals surface area contributed by atoms with Gasteiger partial charge >= 0.3 is 0 Å². The lowest BCUT2D eigenvalue weighted by Crippen LogP contribution is -2.47. The van der Waals surface area contributed by atoms with Gasteiger partial charge in [-0.3, -0.25) is 4.68 Å². The molecular weight excluding hydrogens is 402 g/mol. The summed E-state index contributed by atoms with van der Waals surface area (Å²) in [7, 11) is 0. The average molecular weight is 432 g/mol. The summed E-state index contributed by atoms with van der Waals surface area (Å²) >= 11 is 6.27. The fourth-order valence-electron chi connectivity index (χ4n) is 4.71. The number of piperidine rings is 1. The zero-order valence-electron chi connectivity index (χ0n) is 17.7. The summed E-state index contributed by atoms with van der Waals surface area (Å²) in [4.78, 5) is 11.6. The van der Waals surface area contributed by atoms with Crippen LogP contribution >= 0.6 is 11.6 Å². The van der Waals surface area contributed by atoms with Gasteiger partial charge in [0.1, 0.15) is 10.7 Å². The van der Waals surface area contributed by atoms with E-state index in [4.69, 9.17) is 21.4 Å². The van der Waals surface area contributed by atoms with Crippen LogP contribution in [0.2, 0.25) is 5.02 Å². The minimum atomic E-state index is 0.173. The van der Waals surface area contributed by atoms with E-state index in [1.54, 1.807) is 6.20 Å². The molecule has 1 saturated carbocycles. The second-order valence-corrected chi connectivity index (χ2v) is 9.19. The van der Waals surface area contributed by atoms with Crippen LogP contribution in [-0.4, -0.2) is 56.4 Å². The number of hydrogen-bond acceptors (Lipinski definition) is 7. The first-order valence-corrected chi connectivity index (χ1v) is 11.5. The van der Waals surface area contributed by atoms with Crippen LogP contribution in [0.1, 0.15) is 57.2 Å². The van der Waals surface area contributed by atoms with Crippen LogP contribution in [0.15, 0.2) is 6.20 Å². The summed E-state index contributed by atoms with van der Waals surface area (Å²) in [5.74, 6) is 1.75. The summed E-state index contributed by atoms with van der Waals surface area (Å²) < 4.78 is 8.23. The highest BCUT2D eigenvalue weighted by Gasteiger charge is 2.37. The van der Waals surface area contributed by atoms with Gasteiger partial charge in [-0.25, -0.2) is 4.98 Å². The van der Waals surface area contributed by atoms with Crippen molar-refractivity contribution >= 4 is 29.1 Å². The molecule has 9 heteroatoms. The molecule has 2 aliphatic heterocycles. The Balaban J connectivity index is 1.38. The van der Waals surface area contributed by atoms with Crippen molar-refractivity contribution in [2.24, 2.45) is 0 Å². The van der Waals surface area contributed by atoms with Crippen LogP contribution in [0.4, 0.5) is 17.5 Å². The molecule has 1 saturated heterocycles. The van der Waals surface area contributed by atoms with Crippen molar-refractivity contribution in [2.45, 2.75) is 70.5 Å². The van der Waals surface area contributed by atoms with Crippen LogP contribution in [0.5, 0.6) is 5.88 Å². The number of likely N-dealkylation sites (tertiary alicyclic amines) is 1. The zero-order valence-corrected chi connectivity index (χ0v) is 18.5. The van der Waals surface area contributed by atoms with E-state index >= 15 is 0 Å². The van der Waals surface area contributed by atoms with E-state index in [0.29, 0.717) is 41.4 Å². The molecule has 3 aliphatic rings. The minimum absolute atomic E-state index is 0.173. The zero-order chi connectivity index (χ0) is 20.7. The molecule has 1 aliphatic carbocycles. The molecule has 30 heavy (non-hydrogen) atoms. The molecule has 0 amide bonds. The quantitative estimate of drug-likeness (QED) is 0.739. The molecule has 4 heterocycles. The van der Waals surface area contributed by atoms with Crippen LogP contribution < -0.4 is 15.4 Å². The van der Waals surface area contributed by atoms with E-state index in [9.17, 15) is 0 Å². The smallest absolute Gasteiger partial charge is 0.257 e. The van der Waals surface area contributed by atoms with E-state index in [1.165, 1.54) is 32.4 Å². The predicted octanol–water partition coefficient (Wildman–Crippen LogP) is 4.15. The van der Waals surface area contributed by atoms with E-state index < -0.39 is 0 Å². The number of fused-ring (bicyclic) bond motifs is 3. The highest BCUT2D eigenvalue weighted by molar-refractivity contribution is 6.32. The molecule has 0 spiro atoms. The topological polar surface area (TPSA) is 80.1 Å². The number of rotatable bonds is 2. The van der Waals surface area contributed by atoms with Gasteiger partial charge in [0.05, 0.1) is 24.5 Å². The summed E-state index contributed by atoms with van der Waals surface area (Å²) in [5.41, 5.74) is 1.91. The van der Waals surface area contributed by atoms with Crippen molar-refractivity contribution in [3.8, 4) is 5.88 Å². The second-order valence-electron chi connectivity index (χ2n) is 8.78. The Morgan fingerprint density at radius 1 is 1.17 bits per heavy atom. The largest absolute Gasteiger partial charge is 0.475 e. The third-order valence-corrected chi connectivity index (χ3v) is 6.89. The molecule has 2 aromatic rings. The summed E-state index contributed by atoms with van der Waals surface area (Å²) in [6.45, 7) is 7.25. The van der Waals surface area contributed by atoms with Gasteiger partial charge in [0.25, 0.3) is 5.88 Å². The fourth-order valence-corrected chi connectivity index (χ4v) is 4.86. The second kappa shape index (κ2) is 8.23. The number of hydrogen-bond donors (Lipinski definition) is 2. The molecule has 2 N–H and O–H groups in total. The predicted molar refractivity (Wildman–Crippen MR) is 118 cm³/mol. The van der Waals surface area contributed by atoms with E-state index in [1.807, 2.05) is 0 Å². The maximum atomic E-state index is 6.27. The molecule has 162 valence electrons. The Bertz CT molecular complexity index is 905. The van der Waals surface area contributed by atoms with Crippen molar-refractivity contribution < 1.29 is 4.74 Å². The number of nitrogens with one attached hydrogen (secondary N) is 2. The molecule has 0 aromatic carbocycles. The van der Waals surface area contributed by atoms with Crippen LogP contribution in [0.3, 0.4) is 0 Å². The van der Waals surface area contributed by atoms with Crippen molar-refractivity contribution in [1.29, 1.82) is 0 Å².